The van der Waals surface area contributed by atoms with Gasteiger partial charge in [0.25, 0.3) is 0 Å². The van der Waals surface area contributed by atoms with E-state index in [4.69, 9.17) is 0 Å². The maximum Gasteiger partial charge on any atom is 0.159 e. The summed E-state index contributed by atoms with van der Waals surface area (Å²) in [6.45, 7) is 4.14. The third-order valence-corrected chi connectivity index (χ3v) is 2.73. The summed E-state index contributed by atoms with van der Waals surface area (Å²) in [5, 5.41) is 0. The van der Waals surface area contributed by atoms with Gasteiger partial charge in [-0.1, -0.05) is 32.1 Å². The first-order valence-corrected chi connectivity index (χ1v) is 5.79. The Labute approximate surface area is 96.0 Å². The summed E-state index contributed by atoms with van der Waals surface area (Å²) in [5.41, 5.74) is 0.877. The van der Waals surface area contributed by atoms with E-state index in [0.717, 1.165) is 24.8 Å². The maximum atomic E-state index is 13.1. The van der Waals surface area contributed by atoms with Crippen LogP contribution in [0.5, 0.6) is 0 Å². The van der Waals surface area contributed by atoms with Gasteiger partial charge in [0, 0.05) is 0 Å². The van der Waals surface area contributed by atoms with E-state index in [2.05, 4.69) is 26.0 Å². The van der Waals surface area contributed by atoms with Crippen LogP contribution < -0.4 is 0 Å². The molecule has 0 nitrogen and oxygen atoms in total. The van der Waals surface area contributed by atoms with Gasteiger partial charge >= 0.3 is 0 Å². The molecule has 0 amide bonds. The fourth-order valence-electron chi connectivity index (χ4n) is 1.73. The van der Waals surface area contributed by atoms with Crippen molar-refractivity contribution in [1.29, 1.82) is 0 Å². The van der Waals surface area contributed by atoms with Crippen LogP contribution in [0.1, 0.15) is 44.6 Å². The zero-order valence-electron chi connectivity index (χ0n) is 9.84. The Hall–Kier alpha value is -1.18. The van der Waals surface area contributed by atoms with Gasteiger partial charge in [0.05, 0.1) is 0 Å². The first-order valence-electron chi connectivity index (χ1n) is 5.79. The van der Waals surface area contributed by atoms with Crippen LogP contribution in [-0.2, 0) is 0 Å². The van der Waals surface area contributed by atoms with E-state index in [1.807, 2.05) is 0 Å². The lowest BCUT2D eigenvalue weighted by molar-refractivity contribution is 0.504. The van der Waals surface area contributed by atoms with Crippen molar-refractivity contribution in [3.63, 3.8) is 0 Å². The smallest absolute Gasteiger partial charge is 0.159 e. The van der Waals surface area contributed by atoms with Gasteiger partial charge in [-0.05, 0) is 42.9 Å². The minimum atomic E-state index is -0.775. The molecule has 1 aromatic rings. The van der Waals surface area contributed by atoms with Gasteiger partial charge in [-0.15, -0.1) is 0 Å². The molecule has 0 bridgehead atoms. The van der Waals surface area contributed by atoms with Crippen LogP contribution in [0.4, 0.5) is 8.78 Å². The van der Waals surface area contributed by atoms with Gasteiger partial charge < -0.3 is 0 Å². The minimum Gasteiger partial charge on any atom is -0.204 e. The Morgan fingerprint density at radius 2 is 1.88 bits per heavy atom. The molecular weight excluding hydrogens is 206 g/mol. The summed E-state index contributed by atoms with van der Waals surface area (Å²) >= 11 is 0. The van der Waals surface area contributed by atoms with Crippen LogP contribution in [0, 0.1) is 11.6 Å². The van der Waals surface area contributed by atoms with E-state index in [0.29, 0.717) is 0 Å². The molecule has 0 saturated carbocycles. The molecule has 0 aromatic heterocycles. The fraction of sp³-hybridized carbons (Fsp3) is 0.429. The molecule has 0 radical (unpaired) electrons. The number of hydrogen-bond donors (Lipinski definition) is 0. The summed E-state index contributed by atoms with van der Waals surface area (Å²) in [7, 11) is 0. The minimum absolute atomic E-state index is 0.276. The second-order valence-corrected chi connectivity index (χ2v) is 3.89. The fourth-order valence-corrected chi connectivity index (χ4v) is 1.73. The molecule has 0 spiro atoms. The van der Waals surface area contributed by atoms with Crippen LogP contribution in [-0.4, -0.2) is 0 Å². The van der Waals surface area contributed by atoms with Crippen molar-refractivity contribution in [3.05, 3.63) is 47.5 Å². The standard InChI is InChI=1S/C14H18F2/c1-3-5-6-7-11(4-2)12-8-9-13(15)14(16)10-12/h5-6,8-11H,3-4,7H2,1-2H3/b6-5-. The number of hydrogen-bond acceptors (Lipinski definition) is 0. The van der Waals surface area contributed by atoms with Crippen molar-refractivity contribution < 1.29 is 8.78 Å². The van der Waals surface area contributed by atoms with Crippen molar-refractivity contribution >= 4 is 0 Å². The molecule has 0 aliphatic carbocycles. The predicted octanol–water partition coefficient (Wildman–Crippen LogP) is 4.81. The summed E-state index contributed by atoms with van der Waals surface area (Å²) in [4.78, 5) is 0. The van der Waals surface area contributed by atoms with E-state index in [9.17, 15) is 8.78 Å². The lowest BCUT2D eigenvalue weighted by Crippen LogP contribution is -1.98. The highest BCUT2D eigenvalue weighted by molar-refractivity contribution is 5.22. The maximum absolute atomic E-state index is 13.1. The molecular formula is C14H18F2. The van der Waals surface area contributed by atoms with Gasteiger partial charge in [-0.2, -0.15) is 0 Å². The second kappa shape index (κ2) is 6.41. The van der Waals surface area contributed by atoms with Crippen LogP contribution in [0.25, 0.3) is 0 Å². The molecule has 0 fully saturated rings. The van der Waals surface area contributed by atoms with Gasteiger partial charge in [0.1, 0.15) is 0 Å². The van der Waals surface area contributed by atoms with Crippen LogP contribution in [0.3, 0.4) is 0 Å². The summed E-state index contributed by atoms with van der Waals surface area (Å²) in [6.07, 6.45) is 7.03. The molecule has 1 atom stereocenters. The van der Waals surface area contributed by atoms with Crippen molar-refractivity contribution in [2.24, 2.45) is 0 Å². The Bertz CT molecular complexity index is 356. The lowest BCUT2D eigenvalue weighted by Gasteiger charge is -2.13. The molecule has 0 N–H and O–H groups in total. The van der Waals surface area contributed by atoms with Gasteiger partial charge in [0.2, 0.25) is 0 Å². The average Bonchev–Trinajstić information content (AvgIpc) is 2.29. The van der Waals surface area contributed by atoms with Gasteiger partial charge in [-0.25, -0.2) is 8.78 Å². The van der Waals surface area contributed by atoms with Gasteiger partial charge in [0.15, 0.2) is 11.6 Å². The third kappa shape index (κ3) is 3.44. The molecule has 16 heavy (non-hydrogen) atoms. The van der Waals surface area contributed by atoms with Crippen molar-refractivity contribution in [2.45, 2.75) is 39.0 Å². The van der Waals surface area contributed by atoms with Crippen molar-refractivity contribution in [1.82, 2.24) is 0 Å². The van der Waals surface area contributed by atoms with Crippen LogP contribution in [0.2, 0.25) is 0 Å². The molecule has 2 heteroatoms. The molecule has 0 aliphatic rings. The highest BCUT2D eigenvalue weighted by Crippen LogP contribution is 2.25. The van der Waals surface area contributed by atoms with E-state index in [-0.39, 0.29) is 5.92 Å². The Balaban J connectivity index is 2.78. The summed E-state index contributed by atoms with van der Waals surface area (Å²) in [5.74, 6) is -1.25. The number of rotatable bonds is 5. The van der Waals surface area contributed by atoms with E-state index in [1.165, 1.54) is 12.1 Å². The lowest BCUT2D eigenvalue weighted by atomic mass is 9.93. The second-order valence-electron chi connectivity index (χ2n) is 3.89. The zero-order valence-corrected chi connectivity index (χ0v) is 9.84. The molecule has 0 aliphatic heterocycles. The first-order chi connectivity index (χ1) is 7.69. The van der Waals surface area contributed by atoms with E-state index >= 15 is 0 Å². The highest BCUT2D eigenvalue weighted by atomic mass is 19.2. The SMILES string of the molecule is CC/C=C\CC(CC)c1ccc(F)c(F)c1. The summed E-state index contributed by atoms with van der Waals surface area (Å²) in [6, 6.07) is 4.19. The zero-order chi connectivity index (χ0) is 12.0. The summed E-state index contributed by atoms with van der Waals surface area (Å²) < 4.78 is 25.9. The molecule has 88 valence electrons. The van der Waals surface area contributed by atoms with Gasteiger partial charge in [-0.3, -0.25) is 0 Å². The molecule has 0 saturated heterocycles. The topological polar surface area (TPSA) is 0 Å². The molecule has 1 aromatic carbocycles. The van der Waals surface area contributed by atoms with E-state index in [1.54, 1.807) is 6.07 Å². The number of halogens is 2. The van der Waals surface area contributed by atoms with Crippen LogP contribution in [0.15, 0.2) is 30.4 Å². The highest BCUT2D eigenvalue weighted by Gasteiger charge is 2.10. The molecule has 0 heterocycles. The Morgan fingerprint density at radius 3 is 2.44 bits per heavy atom. The van der Waals surface area contributed by atoms with Crippen molar-refractivity contribution in [3.8, 4) is 0 Å². The average molecular weight is 224 g/mol. The largest absolute Gasteiger partial charge is 0.204 e. The molecule has 1 rings (SSSR count). The van der Waals surface area contributed by atoms with Crippen molar-refractivity contribution in [2.75, 3.05) is 0 Å². The quantitative estimate of drug-likeness (QED) is 0.629. The first kappa shape index (κ1) is 12.9. The molecule has 1 unspecified atom stereocenters. The third-order valence-electron chi connectivity index (χ3n) is 2.73. The number of allylic oxidation sites excluding steroid dienone is 2. The van der Waals surface area contributed by atoms with E-state index < -0.39 is 11.6 Å². The Morgan fingerprint density at radius 1 is 1.12 bits per heavy atom. The number of benzene rings is 1. The Kier molecular flexibility index (Phi) is 5.17. The van der Waals surface area contributed by atoms with Crippen LogP contribution >= 0.6 is 0 Å². The normalized spacial score (nSPS) is 13.2. The monoisotopic (exact) mass is 224 g/mol. The predicted molar refractivity (Wildman–Crippen MR) is 63.4 cm³/mol.